The summed E-state index contributed by atoms with van der Waals surface area (Å²) in [6.45, 7) is 7.09. The van der Waals surface area contributed by atoms with E-state index in [0.717, 1.165) is 57.1 Å². The maximum absolute atomic E-state index is 13.0. The van der Waals surface area contributed by atoms with Crippen molar-refractivity contribution in [3.05, 3.63) is 65.2 Å². The predicted molar refractivity (Wildman–Crippen MR) is 116 cm³/mol. The van der Waals surface area contributed by atoms with Crippen LogP contribution in [0, 0.1) is 6.92 Å². The fourth-order valence-corrected chi connectivity index (χ4v) is 4.16. The second-order valence-corrected chi connectivity index (χ2v) is 8.20. The summed E-state index contributed by atoms with van der Waals surface area (Å²) < 4.78 is 5.48. The Balaban J connectivity index is 1.47. The number of carbonyl (C=O) groups excluding carboxylic acids is 2. The quantitative estimate of drug-likeness (QED) is 0.762. The molecule has 0 aliphatic carbocycles. The number of carbonyl (C=O) groups is 2. The molecule has 0 spiro atoms. The summed E-state index contributed by atoms with van der Waals surface area (Å²) in [5.74, 6) is 0.0626. The van der Waals surface area contributed by atoms with E-state index in [0.29, 0.717) is 12.0 Å². The van der Waals surface area contributed by atoms with Gasteiger partial charge in [-0.25, -0.2) is 0 Å². The Kier molecular flexibility index (Phi) is 6.45. The zero-order valence-corrected chi connectivity index (χ0v) is 17.5. The van der Waals surface area contributed by atoms with Crippen molar-refractivity contribution < 1.29 is 19.2 Å². The van der Waals surface area contributed by atoms with Gasteiger partial charge in [0.05, 0.1) is 13.2 Å². The van der Waals surface area contributed by atoms with Gasteiger partial charge in [-0.15, -0.1) is 0 Å². The second-order valence-electron chi connectivity index (χ2n) is 8.20. The maximum atomic E-state index is 13.0. The minimum atomic E-state index is -0.0902. The smallest absolute Gasteiger partial charge is 0.251 e. The number of amides is 2. The lowest BCUT2D eigenvalue weighted by atomic mass is 10.0. The molecular formula is C24H30N3O3+. The normalized spacial score (nSPS) is 18.4. The van der Waals surface area contributed by atoms with E-state index in [4.69, 9.17) is 4.74 Å². The van der Waals surface area contributed by atoms with Crippen LogP contribution < -0.4 is 15.1 Å². The molecule has 2 fully saturated rings. The van der Waals surface area contributed by atoms with Crippen LogP contribution in [0.25, 0.3) is 0 Å². The standard InChI is InChI=1S/C24H29N3O3/c1-18-4-6-19(7-5-18)22(17-26-13-15-30-16-14-26)25-24(29)20-8-10-21(11-9-20)27-12-2-3-23(27)28/h4-11,22H,2-3,12-17H2,1H3,(H,25,29)/p+1/t22-/m0/s1. The number of morpholine rings is 1. The molecule has 0 unspecified atom stereocenters. The van der Waals surface area contributed by atoms with Gasteiger partial charge < -0.3 is 19.9 Å². The lowest BCUT2D eigenvalue weighted by Crippen LogP contribution is -3.14. The summed E-state index contributed by atoms with van der Waals surface area (Å²) in [5, 5.41) is 3.23. The predicted octanol–water partition coefficient (Wildman–Crippen LogP) is 1.51. The lowest BCUT2D eigenvalue weighted by Gasteiger charge is -2.28. The number of nitrogens with one attached hydrogen (secondary N) is 2. The number of hydrogen-bond donors (Lipinski definition) is 2. The number of quaternary nitrogens is 1. The van der Waals surface area contributed by atoms with Gasteiger partial charge in [0.2, 0.25) is 5.91 Å². The van der Waals surface area contributed by atoms with Gasteiger partial charge in [0.25, 0.3) is 5.91 Å². The zero-order valence-electron chi connectivity index (χ0n) is 17.5. The number of nitrogens with zero attached hydrogens (tertiary/aromatic N) is 1. The Hall–Kier alpha value is -2.70. The summed E-state index contributed by atoms with van der Waals surface area (Å²) in [7, 11) is 0. The number of anilines is 1. The number of ether oxygens (including phenoxy) is 1. The Bertz CT molecular complexity index is 874. The molecule has 1 atom stereocenters. The summed E-state index contributed by atoms with van der Waals surface area (Å²) in [5.41, 5.74) is 3.79. The van der Waals surface area contributed by atoms with Gasteiger partial charge in [-0.2, -0.15) is 0 Å². The van der Waals surface area contributed by atoms with E-state index in [9.17, 15) is 9.59 Å². The molecular weight excluding hydrogens is 378 g/mol. The minimum absolute atomic E-state index is 0.0639. The molecule has 158 valence electrons. The van der Waals surface area contributed by atoms with Crippen molar-refractivity contribution >= 4 is 17.5 Å². The highest BCUT2D eigenvalue weighted by Crippen LogP contribution is 2.22. The lowest BCUT2D eigenvalue weighted by molar-refractivity contribution is -0.909. The first-order valence-electron chi connectivity index (χ1n) is 10.8. The van der Waals surface area contributed by atoms with Crippen molar-refractivity contribution in [2.24, 2.45) is 0 Å². The average Bonchev–Trinajstić information content (AvgIpc) is 3.20. The van der Waals surface area contributed by atoms with Crippen LogP contribution in [0.2, 0.25) is 0 Å². The summed E-state index contributed by atoms with van der Waals surface area (Å²) in [4.78, 5) is 28.2. The first-order valence-corrected chi connectivity index (χ1v) is 10.8. The first kappa shape index (κ1) is 20.6. The summed E-state index contributed by atoms with van der Waals surface area (Å²) >= 11 is 0. The molecule has 2 heterocycles. The highest BCUT2D eigenvalue weighted by Gasteiger charge is 2.24. The number of rotatable bonds is 6. The molecule has 0 saturated carbocycles. The van der Waals surface area contributed by atoms with Crippen LogP contribution in [0.1, 0.15) is 40.4 Å². The SMILES string of the molecule is Cc1ccc([C@H](C[NH+]2CCOCC2)NC(=O)c2ccc(N3CCCC3=O)cc2)cc1. The van der Waals surface area contributed by atoms with E-state index in [2.05, 4.69) is 36.5 Å². The Morgan fingerprint density at radius 2 is 1.80 bits per heavy atom. The Morgan fingerprint density at radius 3 is 2.43 bits per heavy atom. The van der Waals surface area contributed by atoms with E-state index in [1.54, 1.807) is 4.90 Å². The summed E-state index contributed by atoms with van der Waals surface area (Å²) in [6, 6.07) is 15.7. The molecule has 0 radical (unpaired) electrons. The van der Waals surface area contributed by atoms with E-state index in [1.165, 1.54) is 10.5 Å². The molecule has 6 heteroatoms. The number of hydrogen-bond acceptors (Lipinski definition) is 3. The van der Waals surface area contributed by atoms with Crippen molar-refractivity contribution in [3.8, 4) is 0 Å². The monoisotopic (exact) mass is 408 g/mol. The maximum Gasteiger partial charge on any atom is 0.251 e. The molecule has 0 bridgehead atoms. The second kappa shape index (κ2) is 9.41. The highest BCUT2D eigenvalue weighted by atomic mass is 16.5. The number of benzene rings is 2. The number of aryl methyl sites for hydroxylation is 1. The van der Waals surface area contributed by atoms with Gasteiger partial charge in [0, 0.05) is 24.2 Å². The Labute approximate surface area is 177 Å². The van der Waals surface area contributed by atoms with Gasteiger partial charge in [-0.3, -0.25) is 9.59 Å². The van der Waals surface area contributed by atoms with Crippen molar-refractivity contribution in [2.75, 3.05) is 44.3 Å². The van der Waals surface area contributed by atoms with E-state index in [1.807, 2.05) is 24.3 Å². The fraction of sp³-hybridized carbons (Fsp3) is 0.417. The molecule has 2 N–H and O–H groups in total. The molecule has 0 aromatic heterocycles. The van der Waals surface area contributed by atoms with Crippen LogP contribution in [0.4, 0.5) is 5.69 Å². The highest BCUT2D eigenvalue weighted by molar-refractivity contribution is 5.97. The van der Waals surface area contributed by atoms with Crippen LogP contribution in [-0.4, -0.2) is 51.2 Å². The van der Waals surface area contributed by atoms with Gasteiger partial charge in [0.1, 0.15) is 25.7 Å². The van der Waals surface area contributed by atoms with Crippen molar-refractivity contribution in [1.29, 1.82) is 0 Å². The summed E-state index contributed by atoms with van der Waals surface area (Å²) in [6.07, 6.45) is 1.49. The van der Waals surface area contributed by atoms with Gasteiger partial charge in [0.15, 0.2) is 0 Å². The third-order valence-corrected chi connectivity index (χ3v) is 5.99. The van der Waals surface area contributed by atoms with E-state index < -0.39 is 0 Å². The van der Waals surface area contributed by atoms with Crippen LogP contribution in [0.5, 0.6) is 0 Å². The largest absolute Gasteiger partial charge is 0.370 e. The minimum Gasteiger partial charge on any atom is -0.370 e. The zero-order chi connectivity index (χ0) is 20.9. The van der Waals surface area contributed by atoms with Gasteiger partial charge >= 0.3 is 0 Å². The third kappa shape index (κ3) is 4.89. The molecule has 30 heavy (non-hydrogen) atoms. The molecule has 2 aromatic carbocycles. The molecule has 2 aliphatic rings. The molecule has 2 amide bonds. The van der Waals surface area contributed by atoms with Crippen LogP contribution in [0.15, 0.2) is 48.5 Å². The average molecular weight is 409 g/mol. The molecule has 4 rings (SSSR count). The topological polar surface area (TPSA) is 63.1 Å². The molecule has 2 aromatic rings. The molecule has 2 saturated heterocycles. The van der Waals surface area contributed by atoms with E-state index >= 15 is 0 Å². The van der Waals surface area contributed by atoms with Crippen molar-refractivity contribution in [1.82, 2.24) is 5.32 Å². The Morgan fingerprint density at radius 1 is 1.10 bits per heavy atom. The van der Waals surface area contributed by atoms with Crippen molar-refractivity contribution in [3.63, 3.8) is 0 Å². The van der Waals surface area contributed by atoms with Crippen LogP contribution in [-0.2, 0) is 9.53 Å². The fourth-order valence-electron chi connectivity index (χ4n) is 4.16. The first-order chi connectivity index (χ1) is 14.6. The third-order valence-electron chi connectivity index (χ3n) is 5.99. The van der Waals surface area contributed by atoms with Gasteiger partial charge in [-0.1, -0.05) is 29.8 Å². The van der Waals surface area contributed by atoms with Gasteiger partial charge in [-0.05, 0) is 43.2 Å². The van der Waals surface area contributed by atoms with Crippen LogP contribution >= 0.6 is 0 Å². The van der Waals surface area contributed by atoms with Crippen LogP contribution in [0.3, 0.4) is 0 Å². The van der Waals surface area contributed by atoms with E-state index in [-0.39, 0.29) is 17.9 Å². The molecule has 6 nitrogen and oxygen atoms in total. The molecule has 2 aliphatic heterocycles. The van der Waals surface area contributed by atoms with Crippen molar-refractivity contribution in [2.45, 2.75) is 25.8 Å².